The largest absolute Gasteiger partial charge is 0.465 e. The second-order valence-corrected chi connectivity index (χ2v) is 8.66. The Morgan fingerprint density at radius 3 is 2.51 bits per heavy atom. The number of esters is 1. The number of thiocarbonyl (C=S) groups is 1. The molecule has 2 atom stereocenters. The van der Waals surface area contributed by atoms with Crippen molar-refractivity contribution in [3.05, 3.63) is 114 Å². The highest BCUT2D eigenvalue weighted by molar-refractivity contribution is 7.80. The lowest BCUT2D eigenvalue weighted by molar-refractivity contribution is 0.0600. The van der Waals surface area contributed by atoms with Crippen molar-refractivity contribution >= 4 is 29.0 Å². The standard InChI is InChI=1S/C27H23FN4O2S/c1-17-16-20(12-13-21(17)28)32-25(24(30-27(32)35)22-6-3-4-14-29-22)23-7-5-15-31(23)19-10-8-18(9-11-19)26(33)34-2/h3-16,24-25H,1-2H3,(H,30,35). The quantitative estimate of drug-likeness (QED) is 0.306. The number of aryl methyl sites for hydroxylation is 1. The maximum Gasteiger partial charge on any atom is 0.337 e. The predicted molar refractivity (Wildman–Crippen MR) is 136 cm³/mol. The fourth-order valence-electron chi connectivity index (χ4n) is 4.46. The number of carbonyl (C=O) groups is 1. The summed E-state index contributed by atoms with van der Waals surface area (Å²) in [4.78, 5) is 18.5. The third-order valence-corrected chi connectivity index (χ3v) is 6.48. The number of pyridine rings is 1. The third kappa shape index (κ3) is 4.17. The number of ether oxygens (including phenoxy) is 1. The third-order valence-electron chi connectivity index (χ3n) is 6.17. The van der Waals surface area contributed by atoms with Gasteiger partial charge in [0.15, 0.2) is 5.11 Å². The second-order valence-electron chi connectivity index (χ2n) is 8.27. The van der Waals surface area contributed by atoms with Gasteiger partial charge in [0, 0.05) is 29.5 Å². The molecule has 0 saturated carbocycles. The van der Waals surface area contributed by atoms with Crippen LogP contribution in [0.1, 0.15) is 39.4 Å². The zero-order chi connectivity index (χ0) is 24.5. The number of halogens is 1. The molecule has 35 heavy (non-hydrogen) atoms. The summed E-state index contributed by atoms with van der Waals surface area (Å²) < 4.78 is 21.0. The van der Waals surface area contributed by atoms with Crippen LogP contribution < -0.4 is 10.2 Å². The molecule has 0 amide bonds. The van der Waals surface area contributed by atoms with E-state index in [9.17, 15) is 9.18 Å². The second kappa shape index (κ2) is 9.31. The molecule has 3 heterocycles. The van der Waals surface area contributed by atoms with E-state index in [1.54, 1.807) is 37.4 Å². The van der Waals surface area contributed by atoms with Gasteiger partial charge in [-0.3, -0.25) is 4.98 Å². The molecule has 1 N–H and O–H groups in total. The van der Waals surface area contributed by atoms with Crippen molar-refractivity contribution < 1.29 is 13.9 Å². The van der Waals surface area contributed by atoms with E-state index in [1.165, 1.54) is 13.2 Å². The van der Waals surface area contributed by atoms with E-state index in [0.717, 1.165) is 22.8 Å². The molecule has 1 aliphatic rings. The summed E-state index contributed by atoms with van der Waals surface area (Å²) in [7, 11) is 1.36. The number of aromatic nitrogens is 2. The van der Waals surface area contributed by atoms with Gasteiger partial charge in [0.2, 0.25) is 0 Å². The van der Waals surface area contributed by atoms with Gasteiger partial charge in [-0.25, -0.2) is 9.18 Å². The van der Waals surface area contributed by atoms with Crippen LogP contribution in [0.5, 0.6) is 0 Å². The van der Waals surface area contributed by atoms with Crippen LogP contribution in [0.4, 0.5) is 10.1 Å². The van der Waals surface area contributed by atoms with Crippen molar-refractivity contribution in [3.8, 4) is 5.69 Å². The van der Waals surface area contributed by atoms with Crippen LogP contribution in [0.2, 0.25) is 0 Å². The predicted octanol–water partition coefficient (Wildman–Crippen LogP) is 5.28. The summed E-state index contributed by atoms with van der Waals surface area (Å²) in [6.45, 7) is 1.74. The van der Waals surface area contributed by atoms with Crippen molar-refractivity contribution in [1.82, 2.24) is 14.9 Å². The fourth-order valence-corrected chi connectivity index (χ4v) is 4.80. The van der Waals surface area contributed by atoms with Crippen LogP contribution in [0.15, 0.2) is 85.2 Å². The molecular formula is C27H23FN4O2S. The summed E-state index contributed by atoms with van der Waals surface area (Å²) >= 11 is 5.78. The average Bonchev–Trinajstić information content (AvgIpc) is 3.50. The molecule has 6 nitrogen and oxygen atoms in total. The number of anilines is 1. The smallest absolute Gasteiger partial charge is 0.337 e. The molecule has 1 aliphatic heterocycles. The first-order valence-electron chi connectivity index (χ1n) is 11.1. The Kier molecular flexibility index (Phi) is 6.05. The molecule has 176 valence electrons. The Morgan fingerprint density at radius 2 is 1.83 bits per heavy atom. The Balaban J connectivity index is 1.63. The van der Waals surface area contributed by atoms with Crippen LogP contribution in [0.25, 0.3) is 5.69 Å². The van der Waals surface area contributed by atoms with Crippen LogP contribution in [0, 0.1) is 12.7 Å². The molecule has 0 bridgehead atoms. The molecule has 1 saturated heterocycles. The van der Waals surface area contributed by atoms with Gasteiger partial charge < -0.3 is 19.5 Å². The summed E-state index contributed by atoms with van der Waals surface area (Å²) in [5.74, 6) is -0.651. The molecule has 5 rings (SSSR count). The topological polar surface area (TPSA) is 59.4 Å². The molecule has 2 aromatic heterocycles. The van der Waals surface area contributed by atoms with Gasteiger partial charge in [-0.2, -0.15) is 0 Å². The minimum atomic E-state index is -0.386. The van der Waals surface area contributed by atoms with Crippen LogP contribution in [0.3, 0.4) is 0 Å². The van der Waals surface area contributed by atoms with Gasteiger partial charge in [-0.1, -0.05) is 6.07 Å². The minimum absolute atomic E-state index is 0.239. The first kappa shape index (κ1) is 22.7. The Morgan fingerprint density at radius 1 is 1.06 bits per heavy atom. The minimum Gasteiger partial charge on any atom is -0.465 e. The van der Waals surface area contributed by atoms with Gasteiger partial charge in [0.05, 0.1) is 24.4 Å². The maximum absolute atomic E-state index is 14.1. The van der Waals surface area contributed by atoms with Gasteiger partial charge in [0.25, 0.3) is 0 Å². The number of rotatable bonds is 5. The lowest BCUT2D eigenvalue weighted by Crippen LogP contribution is -2.30. The average molecular weight is 487 g/mol. The van der Waals surface area contributed by atoms with Gasteiger partial charge >= 0.3 is 5.97 Å². The summed E-state index contributed by atoms with van der Waals surface area (Å²) in [6, 6.07) is 21.5. The number of carbonyl (C=O) groups excluding carboxylic acids is 1. The van der Waals surface area contributed by atoms with Crippen molar-refractivity contribution in [1.29, 1.82) is 0 Å². The zero-order valence-corrected chi connectivity index (χ0v) is 20.0. The SMILES string of the molecule is COC(=O)c1ccc(-n2cccc2C2C(c3ccccn3)NC(=S)N2c2ccc(F)c(C)c2)cc1. The van der Waals surface area contributed by atoms with E-state index in [4.69, 9.17) is 17.0 Å². The monoisotopic (exact) mass is 486 g/mol. The van der Waals surface area contributed by atoms with Crippen LogP contribution in [-0.4, -0.2) is 27.7 Å². The van der Waals surface area contributed by atoms with E-state index in [1.807, 2.05) is 53.6 Å². The summed E-state index contributed by atoms with van der Waals surface area (Å²) in [5, 5.41) is 3.96. The van der Waals surface area contributed by atoms with Crippen LogP contribution >= 0.6 is 12.2 Å². The van der Waals surface area contributed by atoms with E-state index in [-0.39, 0.29) is 23.9 Å². The number of benzene rings is 2. The first-order valence-corrected chi connectivity index (χ1v) is 11.5. The van der Waals surface area contributed by atoms with Crippen molar-refractivity contribution in [3.63, 3.8) is 0 Å². The lowest BCUT2D eigenvalue weighted by Gasteiger charge is -2.29. The molecule has 0 aliphatic carbocycles. The normalized spacial score (nSPS) is 17.3. The maximum atomic E-state index is 14.1. The fraction of sp³-hybridized carbons (Fsp3) is 0.148. The Hall–Kier alpha value is -4.04. The first-order chi connectivity index (χ1) is 17.0. The van der Waals surface area contributed by atoms with Crippen LogP contribution in [-0.2, 0) is 4.74 Å². The Bertz CT molecular complexity index is 1390. The Labute approximate surface area is 208 Å². The number of nitrogens with one attached hydrogen (secondary N) is 1. The highest BCUT2D eigenvalue weighted by Gasteiger charge is 2.42. The van der Waals surface area contributed by atoms with Gasteiger partial charge in [-0.05, 0) is 91.4 Å². The highest BCUT2D eigenvalue weighted by Crippen LogP contribution is 2.42. The number of hydrogen-bond acceptors (Lipinski definition) is 4. The molecule has 0 spiro atoms. The molecule has 1 fully saturated rings. The number of hydrogen-bond donors (Lipinski definition) is 1. The van der Waals surface area contributed by atoms with Gasteiger partial charge in [0.1, 0.15) is 11.9 Å². The molecule has 0 radical (unpaired) electrons. The molecule has 2 aromatic carbocycles. The number of methoxy groups -OCH3 is 1. The summed E-state index contributed by atoms with van der Waals surface area (Å²) in [6.07, 6.45) is 3.72. The van der Waals surface area contributed by atoms with E-state index in [2.05, 4.69) is 14.9 Å². The highest BCUT2D eigenvalue weighted by atomic mass is 32.1. The van der Waals surface area contributed by atoms with Crippen molar-refractivity contribution in [2.75, 3.05) is 12.0 Å². The van der Waals surface area contributed by atoms with E-state index < -0.39 is 0 Å². The zero-order valence-electron chi connectivity index (χ0n) is 19.2. The molecular weight excluding hydrogens is 463 g/mol. The molecule has 4 aromatic rings. The van der Waals surface area contributed by atoms with Crippen molar-refractivity contribution in [2.24, 2.45) is 0 Å². The molecule has 8 heteroatoms. The van der Waals surface area contributed by atoms with E-state index >= 15 is 0 Å². The molecule has 2 unspecified atom stereocenters. The van der Waals surface area contributed by atoms with E-state index in [0.29, 0.717) is 16.2 Å². The number of nitrogens with zero attached hydrogens (tertiary/aromatic N) is 3. The van der Waals surface area contributed by atoms with Gasteiger partial charge in [-0.15, -0.1) is 0 Å². The lowest BCUT2D eigenvalue weighted by atomic mass is 10.0. The van der Waals surface area contributed by atoms with Crippen molar-refractivity contribution in [2.45, 2.75) is 19.0 Å². The summed E-state index contributed by atoms with van der Waals surface area (Å²) in [5.41, 5.74) is 4.49.